The summed E-state index contributed by atoms with van der Waals surface area (Å²) in [6, 6.07) is 22.8. The van der Waals surface area contributed by atoms with Crippen LogP contribution in [-0.2, 0) is 16.4 Å². The fraction of sp³-hybridized carbons (Fsp3) is 0.269. The normalized spacial score (nSPS) is 16.3. The second-order valence-corrected chi connectivity index (χ2v) is 10.3. The Morgan fingerprint density at radius 2 is 1.56 bits per heavy atom. The van der Waals surface area contributed by atoms with Gasteiger partial charge in [0.15, 0.2) is 0 Å². The molecule has 5 nitrogen and oxygen atoms in total. The van der Waals surface area contributed by atoms with Crippen molar-refractivity contribution >= 4 is 21.6 Å². The van der Waals surface area contributed by atoms with Crippen molar-refractivity contribution in [3.05, 3.63) is 83.9 Å². The Hall–Kier alpha value is -2.96. The molecule has 1 saturated carbocycles. The van der Waals surface area contributed by atoms with E-state index in [9.17, 15) is 13.2 Å². The first-order valence-electron chi connectivity index (χ1n) is 11.1. The largest absolute Gasteiger partial charge is 0.308 e. The number of sulfonamides is 1. The van der Waals surface area contributed by atoms with Crippen LogP contribution in [0.2, 0.25) is 0 Å². The number of fused-ring (bicyclic) bond motifs is 1. The molecule has 0 bridgehead atoms. The van der Waals surface area contributed by atoms with E-state index in [-0.39, 0.29) is 16.8 Å². The SMILES string of the molecule is O=C(c1ccc(-c2ccccc2)cc1)N1CCc2cc(S(=O)(=O)NC3CCCC3)ccc21. The number of rotatable bonds is 5. The molecule has 1 fully saturated rings. The molecule has 164 valence electrons. The minimum atomic E-state index is -3.54. The zero-order chi connectivity index (χ0) is 22.1. The van der Waals surface area contributed by atoms with E-state index >= 15 is 0 Å². The molecule has 1 aliphatic carbocycles. The topological polar surface area (TPSA) is 66.5 Å². The molecule has 2 aliphatic rings. The third kappa shape index (κ3) is 4.08. The van der Waals surface area contributed by atoms with Crippen molar-refractivity contribution in [2.75, 3.05) is 11.4 Å². The molecule has 3 aromatic rings. The summed E-state index contributed by atoms with van der Waals surface area (Å²) < 4.78 is 28.4. The van der Waals surface area contributed by atoms with E-state index in [0.717, 1.165) is 48.1 Å². The van der Waals surface area contributed by atoms with Crippen molar-refractivity contribution in [1.82, 2.24) is 4.72 Å². The summed E-state index contributed by atoms with van der Waals surface area (Å²) in [5.41, 5.74) is 4.49. The van der Waals surface area contributed by atoms with E-state index in [0.29, 0.717) is 18.5 Å². The van der Waals surface area contributed by atoms with Gasteiger partial charge in [-0.05, 0) is 66.3 Å². The highest BCUT2D eigenvalue weighted by Crippen LogP contribution is 2.32. The van der Waals surface area contributed by atoms with Gasteiger partial charge in [-0.25, -0.2) is 13.1 Å². The highest BCUT2D eigenvalue weighted by Gasteiger charge is 2.28. The Balaban J connectivity index is 1.34. The van der Waals surface area contributed by atoms with Crippen molar-refractivity contribution in [3.63, 3.8) is 0 Å². The molecule has 0 unspecified atom stereocenters. The van der Waals surface area contributed by atoms with E-state index in [4.69, 9.17) is 0 Å². The van der Waals surface area contributed by atoms with Crippen molar-refractivity contribution < 1.29 is 13.2 Å². The molecule has 0 saturated heterocycles. The smallest absolute Gasteiger partial charge is 0.258 e. The van der Waals surface area contributed by atoms with Gasteiger partial charge in [0.1, 0.15) is 0 Å². The van der Waals surface area contributed by atoms with Crippen molar-refractivity contribution in [2.45, 2.75) is 43.0 Å². The second-order valence-electron chi connectivity index (χ2n) is 8.54. The van der Waals surface area contributed by atoms with Crippen LogP contribution < -0.4 is 9.62 Å². The van der Waals surface area contributed by atoms with Gasteiger partial charge in [-0.2, -0.15) is 0 Å². The van der Waals surface area contributed by atoms with Gasteiger partial charge in [0, 0.05) is 23.8 Å². The predicted octanol–water partition coefficient (Wildman–Crippen LogP) is 4.78. The average Bonchev–Trinajstić information content (AvgIpc) is 3.48. The van der Waals surface area contributed by atoms with Crippen LogP contribution in [0.3, 0.4) is 0 Å². The Kier molecular flexibility index (Phi) is 5.57. The lowest BCUT2D eigenvalue weighted by Crippen LogP contribution is -2.32. The summed E-state index contributed by atoms with van der Waals surface area (Å²) in [5.74, 6) is -0.0666. The van der Waals surface area contributed by atoms with Crippen molar-refractivity contribution in [3.8, 4) is 11.1 Å². The van der Waals surface area contributed by atoms with Crippen LogP contribution in [0.5, 0.6) is 0 Å². The molecular formula is C26H26N2O3S. The standard InChI is InChI=1S/C26H26N2O3S/c29-26(21-12-10-20(11-13-21)19-6-2-1-3-7-19)28-17-16-22-18-24(14-15-25(22)28)32(30,31)27-23-8-4-5-9-23/h1-3,6-7,10-15,18,23,27H,4-5,8-9,16-17H2. The van der Waals surface area contributed by atoms with E-state index in [1.54, 1.807) is 23.1 Å². The average molecular weight is 447 g/mol. The van der Waals surface area contributed by atoms with Crippen LogP contribution >= 0.6 is 0 Å². The molecule has 6 heteroatoms. The van der Waals surface area contributed by atoms with E-state index < -0.39 is 10.0 Å². The van der Waals surface area contributed by atoms with Gasteiger partial charge in [-0.1, -0.05) is 55.3 Å². The number of anilines is 1. The quantitative estimate of drug-likeness (QED) is 0.614. The van der Waals surface area contributed by atoms with Gasteiger partial charge >= 0.3 is 0 Å². The summed E-state index contributed by atoms with van der Waals surface area (Å²) in [7, 11) is -3.54. The molecule has 1 aliphatic heterocycles. The van der Waals surface area contributed by atoms with Crippen molar-refractivity contribution in [2.24, 2.45) is 0 Å². The van der Waals surface area contributed by atoms with Gasteiger partial charge in [0.05, 0.1) is 4.90 Å². The first-order chi connectivity index (χ1) is 15.5. The van der Waals surface area contributed by atoms with Gasteiger partial charge in [-0.3, -0.25) is 4.79 Å². The number of hydrogen-bond acceptors (Lipinski definition) is 3. The maximum absolute atomic E-state index is 13.2. The number of nitrogens with one attached hydrogen (secondary N) is 1. The summed E-state index contributed by atoms with van der Waals surface area (Å²) in [4.78, 5) is 15.2. The number of benzene rings is 3. The van der Waals surface area contributed by atoms with Crippen LogP contribution in [0.1, 0.15) is 41.6 Å². The van der Waals surface area contributed by atoms with Crippen molar-refractivity contribution in [1.29, 1.82) is 0 Å². The molecule has 0 radical (unpaired) electrons. The fourth-order valence-corrected chi connectivity index (χ4v) is 6.03. The molecule has 1 heterocycles. The number of hydrogen-bond donors (Lipinski definition) is 1. The zero-order valence-corrected chi connectivity index (χ0v) is 18.6. The number of carbonyl (C=O) groups is 1. The lowest BCUT2D eigenvalue weighted by molar-refractivity contribution is 0.0989. The van der Waals surface area contributed by atoms with Gasteiger partial charge in [-0.15, -0.1) is 0 Å². The van der Waals surface area contributed by atoms with Crippen LogP contribution in [-0.4, -0.2) is 26.9 Å². The molecule has 0 atom stereocenters. The zero-order valence-electron chi connectivity index (χ0n) is 17.8. The molecule has 5 rings (SSSR count). The summed E-state index contributed by atoms with van der Waals surface area (Å²) >= 11 is 0. The first-order valence-corrected chi connectivity index (χ1v) is 12.6. The minimum absolute atomic E-state index is 0.0326. The molecule has 1 amide bonds. The maximum atomic E-state index is 13.2. The highest BCUT2D eigenvalue weighted by atomic mass is 32.2. The van der Waals surface area contributed by atoms with Gasteiger partial charge in [0.2, 0.25) is 10.0 Å². The third-order valence-electron chi connectivity index (χ3n) is 6.42. The molecule has 0 aromatic heterocycles. The molecule has 0 spiro atoms. The number of amides is 1. The van der Waals surface area contributed by atoms with Crippen LogP contribution in [0.15, 0.2) is 77.7 Å². The number of carbonyl (C=O) groups excluding carboxylic acids is 1. The second kappa shape index (κ2) is 8.52. The fourth-order valence-electron chi connectivity index (χ4n) is 4.68. The van der Waals surface area contributed by atoms with Crippen LogP contribution in [0.4, 0.5) is 5.69 Å². The Morgan fingerprint density at radius 1 is 0.875 bits per heavy atom. The van der Waals surface area contributed by atoms with E-state index in [1.165, 1.54) is 0 Å². The predicted molar refractivity (Wildman–Crippen MR) is 126 cm³/mol. The van der Waals surface area contributed by atoms with Crippen LogP contribution in [0.25, 0.3) is 11.1 Å². The lowest BCUT2D eigenvalue weighted by atomic mass is 10.0. The monoisotopic (exact) mass is 446 g/mol. The van der Waals surface area contributed by atoms with Crippen LogP contribution in [0, 0.1) is 0 Å². The minimum Gasteiger partial charge on any atom is -0.308 e. The van der Waals surface area contributed by atoms with Gasteiger partial charge in [0.25, 0.3) is 5.91 Å². The number of nitrogens with zero attached hydrogens (tertiary/aromatic N) is 1. The van der Waals surface area contributed by atoms with Gasteiger partial charge < -0.3 is 4.90 Å². The Morgan fingerprint density at radius 3 is 2.28 bits per heavy atom. The molecule has 3 aromatic carbocycles. The maximum Gasteiger partial charge on any atom is 0.258 e. The molecule has 32 heavy (non-hydrogen) atoms. The summed E-state index contributed by atoms with van der Waals surface area (Å²) in [5, 5.41) is 0. The molecular weight excluding hydrogens is 420 g/mol. The highest BCUT2D eigenvalue weighted by molar-refractivity contribution is 7.89. The van der Waals surface area contributed by atoms with E-state index in [1.807, 2.05) is 54.6 Å². The Bertz CT molecular complexity index is 1230. The lowest BCUT2D eigenvalue weighted by Gasteiger charge is -2.18. The first kappa shape index (κ1) is 20.9. The van der Waals surface area contributed by atoms with E-state index in [2.05, 4.69) is 4.72 Å². The Labute approximate surface area is 189 Å². The summed E-state index contributed by atoms with van der Waals surface area (Å²) in [6.07, 6.45) is 4.59. The third-order valence-corrected chi connectivity index (χ3v) is 7.94. The summed E-state index contributed by atoms with van der Waals surface area (Å²) in [6.45, 7) is 0.550. The molecule has 1 N–H and O–H groups in total.